The zero-order chi connectivity index (χ0) is 20.6. The minimum absolute atomic E-state index is 0.0999. The highest BCUT2D eigenvalue weighted by molar-refractivity contribution is 5.94. The lowest BCUT2D eigenvalue weighted by Crippen LogP contribution is -2.44. The Labute approximate surface area is 174 Å². The van der Waals surface area contributed by atoms with Crippen molar-refractivity contribution in [1.82, 2.24) is 15.5 Å². The molecule has 0 aromatic heterocycles. The van der Waals surface area contributed by atoms with Gasteiger partial charge in [-0.3, -0.25) is 14.5 Å². The van der Waals surface area contributed by atoms with Crippen LogP contribution in [0.15, 0.2) is 24.3 Å². The van der Waals surface area contributed by atoms with Crippen LogP contribution in [0.25, 0.3) is 0 Å². The Kier molecular flexibility index (Phi) is 8.07. The van der Waals surface area contributed by atoms with Gasteiger partial charge >= 0.3 is 0 Å². The van der Waals surface area contributed by atoms with Gasteiger partial charge in [-0.2, -0.15) is 0 Å². The van der Waals surface area contributed by atoms with Gasteiger partial charge in [0, 0.05) is 44.2 Å². The summed E-state index contributed by atoms with van der Waals surface area (Å²) in [7, 11) is 0. The van der Waals surface area contributed by atoms with Crippen LogP contribution in [0.2, 0.25) is 0 Å². The van der Waals surface area contributed by atoms with Crippen molar-refractivity contribution in [2.75, 3.05) is 26.2 Å². The maximum Gasteiger partial charge on any atom is 0.251 e. The van der Waals surface area contributed by atoms with Crippen LogP contribution in [-0.2, 0) is 16.1 Å². The summed E-state index contributed by atoms with van der Waals surface area (Å²) < 4.78 is 5.78. The first-order valence-corrected chi connectivity index (χ1v) is 11.0. The first-order chi connectivity index (χ1) is 14.0. The summed E-state index contributed by atoms with van der Waals surface area (Å²) in [4.78, 5) is 26.8. The molecular weight excluding hydrogens is 366 g/mol. The van der Waals surface area contributed by atoms with E-state index in [4.69, 9.17) is 4.74 Å². The number of morpholine rings is 1. The first kappa shape index (κ1) is 21.8. The van der Waals surface area contributed by atoms with Crippen molar-refractivity contribution in [3.8, 4) is 0 Å². The lowest BCUT2D eigenvalue weighted by atomic mass is 9.89. The third-order valence-electron chi connectivity index (χ3n) is 5.80. The van der Waals surface area contributed by atoms with Crippen LogP contribution in [0.1, 0.15) is 61.9 Å². The monoisotopic (exact) mass is 401 g/mol. The van der Waals surface area contributed by atoms with Crippen LogP contribution >= 0.6 is 0 Å². The highest BCUT2D eigenvalue weighted by Crippen LogP contribution is 2.23. The number of amides is 2. The van der Waals surface area contributed by atoms with Gasteiger partial charge in [-0.25, -0.2) is 0 Å². The fourth-order valence-electron chi connectivity index (χ4n) is 4.41. The van der Waals surface area contributed by atoms with Gasteiger partial charge in [0.25, 0.3) is 5.91 Å². The van der Waals surface area contributed by atoms with E-state index in [9.17, 15) is 9.59 Å². The van der Waals surface area contributed by atoms with Gasteiger partial charge in [0.1, 0.15) is 0 Å². The van der Waals surface area contributed by atoms with Crippen LogP contribution in [-0.4, -0.2) is 55.1 Å². The summed E-state index contributed by atoms with van der Waals surface area (Å²) in [6, 6.07) is 7.78. The van der Waals surface area contributed by atoms with Crippen molar-refractivity contribution in [2.45, 2.75) is 64.7 Å². The van der Waals surface area contributed by atoms with E-state index in [1.54, 1.807) is 0 Å². The molecule has 2 fully saturated rings. The Morgan fingerprint density at radius 3 is 2.24 bits per heavy atom. The minimum atomic E-state index is -0.0999. The minimum Gasteiger partial charge on any atom is -0.373 e. The molecule has 1 aromatic carbocycles. The molecule has 2 aliphatic rings. The second-order valence-corrected chi connectivity index (χ2v) is 8.53. The Balaban J connectivity index is 1.38. The number of carbonyl (C=O) groups excluding carboxylic acids is 2. The highest BCUT2D eigenvalue weighted by Gasteiger charge is 2.22. The molecular formula is C23H35N3O3. The molecule has 0 spiro atoms. The number of hydrogen-bond acceptors (Lipinski definition) is 4. The van der Waals surface area contributed by atoms with Crippen molar-refractivity contribution >= 4 is 11.8 Å². The third kappa shape index (κ3) is 6.82. The molecule has 0 bridgehead atoms. The molecule has 1 saturated heterocycles. The summed E-state index contributed by atoms with van der Waals surface area (Å²) in [5.74, 6) is 0.191. The first-order valence-electron chi connectivity index (χ1n) is 11.0. The van der Waals surface area contributed by atoms with Crippen LogP contribution in [0, 0.1) is 5.92 Å². The number of nitrogens with zero attached hydrogens (tertiary/aromatic N) is 1. The third-order valence-corrected chi connectivity index (χ3v) is 5.80. The van der Waals surface area contributed by atoms with Gasteiger partial charge in [0.2, 0.25) is 5.91 Å². The molecule has 1 heterocycles. The summed E-state index contributed by atoms with van der Waals surface area (Å²) in [6.45, 7) is 7.86. The summed E-state index contributed by atoms with van der Waals surface area (Å²) >= 11 is 0. The molecule has 2 atom stereocenters. The van der Waals surface area contributed by atoms with Crippen molar-refractivity contribution in [1.29, 1.82) is 0 Å². The number of ether oxygens (including phenoxy) is 1. The maximum atomic E-state index is 12.3. The van der Waals surface area contributed by atoms with Gasteiger partial charge in [0.15, 0.2) is 0 Å². The zero-order valence-corrected chi connectivity index (χ0v) is 17.8. The van der Waals surface area contributed by atoms with Crippen LogP contribution in [0.4, 0.5) is 0 Å². The number of carbonyl (C=O) groups is 2. The Bertz CT molecular complexity index is 660. The smallest absolute Gasteiger partial charge is 0.251 e. The normalized spacial score (nSPS) is 23.5. The lowest BCUT2D eigenvalue weighted by Gasteiger charge is -2.35. The van der Waals surface area contributed by atoms with Gasteiger partial charge in [-0.1, -0.05) is 31.4 Å². The molecule has 6 nitrogen and oxygen atoms in total. The molecule has 1 aromatic rings. The molecule has 29 heavy (non-hydrogen) atoms. The van der Waals surface area contributed by atoms with Crippen LogP contribution in [0.3, 0.4) is 0 Å². The Morgan fingerprint density at radius 2 is 1.59 bits per heavy atom. The predicted octanol–water partition coefficient (Wildman–Crippen LogP) is 2.72. The molecule has 6 heteroatoms. The fourth-order valence-corrected chi connectivity index (χ4v) is 4.41. The standard InChI is InChI=1S/C23H35N3O3/c1-17-14-26(15-18(2)29-17)16-19-8-10-21(11-9-19)23(28)25-13-12-24-22(27)20-6-4-3-5-7-20/h8-11,17-18,20H,3-7,12-16H2,1-2H3,(H,24,27)(H,25,28). The van der Waals surface area contributed by atoms with Crippen LogP contribution in [0.5, 0.6) is 0 Å². The van der Waals surface area contributed by atoms with Crippen molar-refractivity contribution in [3.05, 3.63) is 35.4 Å². The molecule has 3 rings (SSSR count). The topological polar surface area (TPSA) is 70.7 Å². The summed E-state index contributed by atoms with van der Waals surface area (Å²) in [6.07, 6.45) is 6.02. The van der Waals surface area contributed by atoms with E-state index in [0.29, 0.717) is 18.7 Å². The van der Waals surface area contributed by atoms with Gasteiger partial charge in [-0.05, 0) is 44.4 Å². The van der Waals surface area contributed by atoms with Crippen LogP contribution < -0.4 is 10.6 Å². The van der Waals surface area contributed by atoms with E-state index in [-0.39, 0.29) is 29.9 Å². The molecule has 1 aliphatic carbocycles. The van der Waals surface area contributed by atoms with E-state index in [1.807, 2.05) is 24.3 Å². The largest absolute Gasteiger partial charge is 0.373 e. The average Bonchev–Trinajstić information content (AvgIpc) is 2.71. The van der Waals surface area contributed by atoms with Gasteiger partial charge in [-0.15, -0.1) is 0 Å². The van der Waals surface area contributed by atoms with E-state index < -0.39 is 0 Å². The Hall–Kier alpha value is -1.92. The predicted molar refractivity (Wildman–Crippen MR) is 114 cm³/mol. The molecule has 2 unspecified atom stereocenters. The van der Waals surface area contributed by atoms with Gasteiger partial charge < -0.3 is 15.4 Å². The molecule has 1 aliphatic heterocycles. The van der Waals surface area contributed by atoms with E-state index >= 15 is 0 Å². The highest BCUT2D eigenvalue weighted by atomic mass is 16.5. The average molecular weight is 402 g/mol. The molecule has 160 valence electrons. The second kappa shape index (κ2) is 10.7. The molecule has 2 amide bonds. The van der Waals surface area contributed by atoms with Gasteiger partial charge in [0.05, 0.1) is 12.2 Å². The fraction of sp³-hybridized carbons (Fsp3) is 0.652. The van der Waals surface area contributed by atoms with E-state index in [2.05, 4.69) is 29.4 Å². The number of nitrogens with one attached hydrogen (secondary N) is 2. The Morgan fingerprint density at radius 1 is 0.966 bits per heavy atom. The van der Waals surface area contributed by atoms with Crippen molar-refractivity contribution < 1.29 is 14.3 Å². The second-order valence-electron chi connectivity index (χ2n) is 8.53. The van der Waals surface area contributed by atoms with E-state index in [0.717, 1.165) is 45.3 Å². The zero-order valence-electron chi connectivity index (χ0n) is 17.8. The summed E-state index contributed by atoms with van der Waals surface area (Å²) in [5, 5.41) is 5.84. The van der Waals surface area contributed by atoms with Crippen molar-refractivity contribution in [3.63, 3.8) is 0 Å². The lowest BCUT2D eigenvalue weighted by molar-refractivity contribution is -0.125. The quantitative estimate of drug-likeness (QED) is 0.689. The molecule has 1 saturated carbocycles. The van der Waals surface area contributed by atoms with Crippen molar-refractivity contribution in [2.24, 2.45) is 5.92 Å². The number of rotatable bonds is 7. The molecule has 0 radical (unpaired) electrons. The summed E-state index contributed by atoms with van der Waals surface area (Å²) in [5.41, 5.74) is 1.85. The molecule has 2 N–H and O–H groups in total. The number of benzene rings is 1. The SMILES string of the molecule is CC1CN(Cc2ccc(C(=O)NCCNC(=O)C3CCCCC3)cc2)CC(C)O1. The maximum absolute atomic E-state index is 12.3. The van der Waals surface area contributed by atoms with E-state index in [1.165, 1.54) is 12.0 Å². The number of hydrogen-bond donors (Lipinski definition) is 2.